The van der Waals surface area contributed by atoms with Crippen molar-refractivity contribution in [2.75, 3.05) is 6.61 Å². The molecule has 0 saturated heterocycles. The second-order valence-corrected chi connectivity index (χ2v) is 7.61. The molecular formula is C25H27NO3. The van der Waals surface area contributed by atoms with E-state index in [0.717, 1.165) is 51.8 Å². The number of carbonyl (C=O) groups is 1. The van der Waals surface area contributed by atoms with Crippen LogP contribution in [0.2, 0.25) is 0 Å². The van der Waals surface area contributed by atoms with Gasteiger partial charge in [0.05, 0.1) is 12.9 Å². The van der Waals surface area contributed by atoms with Gasteiger partial charge in [-0.1, -0.05) is 43.2 Å². The first-order valence-corrected chi connectivity index (χ1v) is 10.4. The van der Waals surface area contributed by atoms with Crippen molar-refractivity contribution >= 4 is 22.4 Å². The smallest absolute Gasteiger partial charge is 0.244 e. The van der Waals surface area contributed by atoms with Crippen molar-refractivity contribution in [3.63, 3.8) is 0 Å². The minimum absolute atomic E-state index is 0.0348. The molecule has 150 valence electrons. The molecule has 29 heavy (non-hydrogen) atoms. The summed E-state index contributed by atoms with van der Waals surface area (Å²) in [6, 6.07) is 14.5. The van der Waals surface area contributed by atoms with Gasteiger partial charge in [-0.3, -0.25) is 4.79 Å². The molecule has 0 atom stereocenters. The fourth-order valence-electron chi connectivity index (χ4n) is 4.07. The molecule has 1 aliphatic carbocycles. The van der Waals surface area contributed by atoms with E-state index in [2.05, 4.69) is 23.5 Å². The van der Waals surface area contributed by atoms with Crippen molar-refractivity contribution in [2.45, 2.75) is 45.6 Å². The Kier molecular flexibility index (Phi) is 5.70. The lowest BCUT2D eigenvalue weighted by Gasteiger charge is -2.13. The topological polar surface area (TPSA) is 51.5 Å². The molecule has 4 rings (SSSR count). The zero-order valence-corrected chi connectivity index (χ0v) is 17.0. The highest BCUT2D eigenvalue weighted by Gasteiger charge is 2.18. The molecule has 1 aromatic heterocycles. The predicted octanol–water partition coefficient (Wildman–Crippen LogP) is 5.96. The number of furan rings is 1. The van der Waals surface area contributed by atoms with Crippen molar-refractivity contribution in [3.05, 3.63) is 60.4 Å². The Labute approximate surface area is 171 Å². The Hall–Kier alpha value is -3.01. The van der Waals surface area contributed by atoms with Gasteiger partial charge in [-0.15, -0.1) is 0 Å². The number of hydrogen-bond acceptors (Lipinski definition) is 3. The van der Waals surface area contributed by atoms with Crippen molar-refractivity contribution < 1.29 is 13.9 Å². The van der Waals surface area contributed by atoms with Gasteiger partial charge in [0.1, 0.15) is 11.3 Å². The highest BCUT2D eigenvalue weighted by Crippen LogP contribution is 2.37. The second-order valence-electron chi connectivity index (χ2n) is 7.61. The quantitative estimate of drug-likeness (QED) is 0.529. The molecule has 4 heteroatoms. The van der Waals surface area contributed by atoms with E-state index in [9.17, 15) is 4.79 Å². The van der Waals surface area contributed by atoms with Crippen LogP contribution in [0, 0.1) is 0 Å². The molecule has 2 aromatic carbocycles. The summed E-state index contributed by atoms with van der Waals surface area (Å²) in [5.41, 5.74) is 4.71. The van der Waals surface area contributed by atoms with E-state index in [1.807, 2.05) is 38.1 Å². The third kappa shape index (κ3) is 4.21. The van der Waals surface area contributed by atoms with Gasteiger partial charge >= 0.3 is 0 Å². The molecule has 1 N–H and O–H groups in total. The summed E-state index contributed by atoms with van der Waals surface area (Å²) >= 11 is 0. The maximum absolute atomic E-state index is 12.5. The minimum atomic E-state index is -0.0348. The summed E-state index contributed by atoms with van der Waals surface area (Å²) in [5, 5.41) is 4.14. The van der Waals surface area contributed by atoms with E-state index in [1.54, 1.807) is 12.3 Å². The maximum Gasteiger partial charge on any atom is 0.244 e. The molecule has 0 spiro atoms. The van der Waals surface area contributed by atoms with E-state index in [4.69, 9.17) is 9.15 Å². The largest absolute Gasteiger partial charge is 0.493 e. The van der Waals surface area contributed by atoms with Gasteiger partial charge in [-0.05, 0) is 43.9 Å². The average molecular weight is 389 g/mol. The molecule has 1 fully saturated rings. The maximum atomic E-state index is 12.5. The van der Waals surface area contributed by atoms with E-state index in [-0.39, 0.29) is 5.91 Å². The van der Waals surface area contributed by atoms with Crippen LogP contribution in [0.3, 0.4) is 0 Å². The van der Waals surface area contributed by atoms with Crippen LogP contribution < -0.4 is 10.1 Å². The van der Waals surface area contributed by atoms with Gasteiger partial charge in [0.15, 0.2) is 0 Å². The van der Waals surface area contributed by atoms with Gasteiger partial charge < -0.3 is 14.5 Å². The van der Waals surface area contributed by atoms with Crippen LogP contribution in [0.5, 0.6) is 5.75 Å². The first kappa shape index (κ1) is 19.3. The van der Waals surface area contributed by atoms with E-state index in [1.165, 1.54) is 12.8 Å². The van der Waals surface area contributed by atoms with Crippen LogP contribution in [-0.2, 0) is 4.79 Å². The number of carbonyl (C=O) groups excluding carboxylic acids is 1. The summed E-state index contributed by atoms with van der Waals surface area (Å²) in [5.74, 6) is 0.698. The Morgan fingerprint density at radius 1 is 1.21 bits per heavy atom. The Morgan fingerprint density at radius 2 is 1.97 bits per heavy atom. The number of allylic oxidation sites excluding steroid dienone is 1. The van der Waals surface area contributed by atoms with Crippen molar-refractivity contribution in [2.24, 2.45) is 0 Å². The van der Waals surface area contributed by atoms with Crippen molar-refractivity contribution in [1.29, 1.82) is 0 Å². The second kappa shape index (κ2) is 8.56. The SMILES string of the molecule is CCOc1cc2occ(-c3ccccc3)c2cc1/C(C)=C/C(=O)NC1CCCC1. The standard InChI is InChI=1S/C25H27NO3/c1-3-28-23-15-24-21(22(16-29-24)18-9-5-4-6-10-18)14-20(23)17(2)13-25(27)26-19-11-7-8-12-19/h4-6,9-10,13-16,19H,3,7-8,11-12H2,1-2H3,(H,26,27)/b17-13+. The van der Waals surface area contributed by atoms with Crippen LogP contribution in [-0.4, -0.2) is 18.6 Å². The first-order valence-electron chi connectivity index (χ1n) is 10.4. The van der Waals surface area contributed by atoms with Crippen molar-refractivity contribution in [1.82, 2.24) is 5.32 Å². The van der Waals surface area contributed by atoms with Crippen LogP contribution in [0.25, 0.3) is 27.7 Å². The molecule has 1 heterocycles. The summed E-state index contributed by atoms with van der Waals surface area (Å²) in [4.78, 5) is 12.5. The zero-order chi connectivity index (χ0) is 20.2. The fraction of sp³-hybridized carbons (Fsp3) is 0.320. The van der Waals surface area contributed by atoms with Gasteiger partial charge in [-0.2, -0.15) is 0 Å². The fourth-order valence-corrected chi connectivity index (χ4v) is 4.07. The van der Waals surface area contributed by atoms with Gasteiger partial charge in [0.2, 0.25) is 5.91 Å². The highest BCUT2D eigenvalue weighted by molar-refractivity contribution is 6.00. The normalized spacial score (nSPS) is 15.0. The summed E-state index contributed by atoms with van der Waals surface area (Å²) < 4.78 is 11.7. The Morgan fingerprint density at radius 3 is 2.69 bits per heavy atom. The number of amides is 1. The van der Waals surface area contributed by atoms with Crippen LogP contribution in [0.1, 0.15) is 45.1 Å². The van der Waals surface area contributed by atoms with Crippen LogP contribution in [0.4, 0.5) is 0 Å². The average Bonchev–Trinajstić information content (AvgIpc) is 3.37. The lowest BCUT2D eigenvalue weighted by Crippen LogP contribution is -2.31. The Bertz CT molecular complexity index is 1030. The molecule has 4 nitrogen and oxygen atoms in total. The molecular weight excluding hydrogens is 362 g/mol. The van der Waals surface area contributed by atoms with Gasteiger partial charge in [0, 0.05) is 34.7 Å². The molecule has 1 aliphatic rings. The summed E-state index contributed by atoms with van der Waals surface area (Å²) in [7, 11) is 0. The van der Waals surface area contributed by atoms with Crippen LogP contribution >= 0.6 is 0 Å². The van der Waals surface area contributed by atoms with E-state index >= 15 is 0 Å². The molecule has 3 aromatic rings. The molecule has 1 saturated carbocycles. The number of ether oxygens (including phenoxy) is 1. The van der Waals surface area contributed by atoms with Crippen molar-refractivity contribution in [3.8, 4) is 16.9 Å². The lowest BCUT2D eigenvalue weighted by atomic mass is 9.99. The third-order valence-electron chi connectivity index (χ3n) is 5.53. The summed E-state index contributed by atoms with van der Waals surface area (Å²) in [6.07, 6.45) is 8.01. The highest BCUT2D eigenvalue weighted by atomic mass is 16.5. The monoisotopic (exact) mass is 389 g/mol. The van der Waals surface area contributed by atoms with E-state index in [0.29, 0.717) is 12.6 Å². The first-order chi connectivity index (χ1) is 14.2. The lowest BCUT2D eigenvalue weighted by molar-refractivity contribution is -0.117. The number of nitrogens with one attached hydrogen (secondary N) is 1. The molecule has 0 unspecified atom stereocenters. The number of fused-ring (bicyclic) bond motifs is 1. The van der Waals surface area contributed by atoms with E-state index < -0.39 is 0 Å². The van der Waals surface area contributed by atoms with Gasteiger partial charge in [0.25, 0.3) is 0 Å². The molecule has 1 amide bonds. The summed E-state index contributed by atoms with van der Waals surface area (Å²) in [6.45, 7) is 4.46. The van der Waals surface area contributed by atoms with Crippen LogP contribution in [0.15, 0.2) is 59.2 Å². The molecule has 0 aliphatic heterocycles. The number of hydrogen-bond donors (Lipinski definition) is 1. The Balaban J connectivity index is 1.71. The number of rotatable bonds is 6. The molecule has 0 radical (unpaired) electrons. The molecule has 0 bridgehead atoms. The van der Waals surface area contributed by atoms with Gasteiger partial charge in [-0.25, -0.2) is 0 Å². The predicted molar refractivity (Wildman–Crippen MR) is 117 cm³/mol. The third-order valence-corrected chi connectivity index (χ3v) is 5.53. The minimum Gasteiger partial charge on any atom is -0.493 e. The zero-order valence-electron chi connectivity index (χ0n) is 17.0. The number of benzene rings is 2.